The van der Waals surface area contributed by atoms with Crippen LogP contribution in [0.5, 0.6) is 0 Å². The number of hydrogen-bond donors (Lipinski definition) is 0. The number of hydrogen-bond acceptors (Lipinski definition) is 2. The van der Waals surface area contributed by atoms with Gasteiger partial charge in [0.25, 0.3) is 0 Å². The van der Waals surface area contributed by atoms with Gasteiger partial charge in [-0.15, -0.1) is 0 Å². The Bertz CT molecular complexity index is 125. The van der Waals surface area contributed by atoms with Crippen molar-refractivity contribution >= 4 is 7.06 Å². The fourth-order valence-electron chi connectivity index (χ4n) is 1.03. The van der Waals surface area contributed by atoms with Crippen LogP contribution in [0.2, 0.25) is 0 Å². The average Bonchev–Trinajstić information content (AvgIpc) is 1.78. The molecule has 9 heavy (non-hydrogen) atoms. The molecule has 1 rings (SSSR count). The van der Waals surface area contributed by atoms with Gasteiger partial charge in [0, 0.05) is 0 Å². The molecule has 3 heteroatoms. The minimum absolute atomic E-state index is 0.294. The first kappa shape index (κ1) is 7.46. The van der Waals surface area contributed by atoms with E-state index >= 15 is 0 Å². The van der Waals surface area contributed by atoms with Gasteiger partial charge in [-0.3, -0.25) is 0 Å². The zero-order chi connectivity index (χ0) is 7.15. The fraction of sp³-hybridized carbons (Fsp3) is 1.00. The molecule has 1 fully saturated rings. The van der Waals surface area contributed by atoms with Crippen molar-refractivity contribution in [3.63, 3.8) is 0 Å². The topological polar surface area (TPSA) is 18.5 Å². The summed E-state index contributed by atoms with van der Waals surface area (Å²) in [5.74, 6) is 0. The standard InChI is InChI=1S/C6H15O2P/c1-6-5-7-9(2,3,4)8-6/h6H,5H2,1-4H3. The van der Waals surface area contributed by atoms with E-state index in [1.54, 1.807) is 0 Å². The third-order valence-electron chi connectivity index (χ3n) is 1.29. The molecule has 0 aromatic carbocycles. The molecule has 0 N–H and O–H groups in total. The molecule has 0 saturated carbocycles. The van der Waals surface area contributed by atoms with Crippen molar-refractivity contribution in [3.8, 4) is 0 Å². The summed E-state index contributed by atoms with van der Waals surface area (Å²) in [4.78, 5) is 0. The molecule has 2 nitrogen and oxygen atoms in total. The van der Waals surface area contributed by atoms with E-state index in [0.29, 0.717) is 6.10 Å². The van der Waals surface area contributed by atoms with Gasteiger partial charge in [0.05, 0.1) is 0 Å². The van der Waals surface area contributed by atoms with Crippen molar-refractivity contribution in [2.45, 2.75) is 13.0 Å². The molecule has 56 valence electrons. The molecule has 1 aliphatic heterocycles. The number of rotatable bonds is 0. The summed E-state index contributed by atoms with van der Waals surface area (Å²) in [5, 5.41) is 0. The Morgan fingerprint density at radius 1 is 1.33 bits per heavy atom. The molecule has 1 atom stereocenters. The van der Waals surface area contributed by atoms with Gasteiger partial charge in [-0.25, -0.2) is 0 Å². The third-order valence-corrected chi connectivity index (χ3v) is 3.40. The molecule has 1 saturated heterocycles. The first-order valence-electron chi connectivity index (χ1n) is 3.22. The van der Waals surface area contributed by atoms with Crippen molar-refractivity contribution in [2.24, 2.45) is 0 Å². The van der Waals surface area contributed by atoms with Crippen molar-refractivity contribution in [1.29, 1.82) is 0 Å². The zero-order valence-corrected chi connectivity index (χ0v) is 7.44. The van der Waals surface area contributed by atoms with E-state index in [0.717, 1.165) is 6.61 Å². The summed E-state index contributed by atoms with van der Waals surface area (Å²) in [6.07, 6.45) is 0.294. The van der Waals surface area contributed by atoms with Crippen LogP contribution < -0.4 is 0 Å². The molecule has 0 aromatic rings. The van der Waals surface area contributed by atoms with Gasteiger partial charge in [0.15, 0.2) is 0 Å². The normalized spacial score (nSPS) is 43.6. The monoisotopic (exact) mass is 150 g/mol. The van der Waals surface area contributed by atoms with E-state index in [-0.39, 0.29) is 0 Å². The van der Waals surface area contributed by atoms with Crippen LogP contribution in [0.4, 0.5) is 0 Å². The third kappa shape index (κ3) is 1.89. The molecule has 0 aliphatic carbocycles. The molecule has 1 aliphatic rings. The quantitative estimate of drug-likeness (QED) is 0.489. The average molecular weight is 150 g/mol. The molecule has 0 radical (unpaired) electrons. The van der Waals surface area contributed by atoms with Crippen molar-refractivity contribution < 1.29 is 9.05 Å². The van der Waals surface area contributed by atoms with Crippen LogP contribution >= 0.6 is 7.06 Å². The molecular formula is C6H15O2P. The van der Waals surface area contributed by atoms with Gasteiger partial charge in [-0.05, 0) is 0 Å². The SMILES string of the molecule is CC1COP(C)(C)(C)O1. The van der Waals surface area contributed by atoms with E-state index < -0.39 is 7.06 Å². The van der Waals surface area contributed by atoms with E-state index in [1.807, 2.05) is 6.92 Å². The summed E-state index contributed by atoms with van der Waals surface area (Å²) in [5.41, 5.74) is 0. The second-order valence-corrected chi connectivity index (χ2v) is 9.22. The summed E-state index contributed by atoms with van der Waals surface area (Å²) in [6.45, 7) is 9.05. The Balaban J connectivity index is 2.67. The van der Waals surface area contributed by atoms with Crippen LogP contribution in [0.1, 0.15) is 6.92 Å². The van der Waals surface area contributed by atoms with Gasteiger partial charge in [0.2, 0.25) is 0 Å². The van der Waals surface area contributed by atoms with E-state index in [4.69, 9.17) is 9.05 Å². The van der Waals surface area contributed by atoms with Crippen LogP contribution in [0.25, 0.3) is 0 Å². The molecule has 1 heterocycles. The Morgan fingerprint density at radius 2 is 1.89 bits per heavy atom. The van der Waals surface area contributed by atoms with Gasteiger partial charge in [0.1, 0.15) is 0 Å². The van der Waals surface area contributed by atoms with Crippen LogP contribution in [0.15, 0.2) is 0 Å². The Morgan fingerprint density at radius 3 is 2.00 bits per heavy atom. The molecule has 0 amide bonds. The van der Waals surface area contributed by atoms with E-state index in [2.05, 4.69) is 20.0 Å². The van der Waals surface area contributed by atoms with Crippen molar-refractivity contribution in [2.75, 3.05) is 26.6 Å². The minimum atomic E-state index is -2.06. The maximum absolute atomic E-state index is 5.64. The van der Waals surface area contributed by atoms with Gasteiger partial charge >= 0.3 is 55.7 Å². The second-order valence-electron chi connectivity index (χ2n) is 3.72. The Kier molecular flexibility index (Phi) is 1.40. The predicted octanol–water partition coefficient (Wildman–Crippen LogP) is 1.69. The van der Waals surface area contributed by atoms with Crippen molar-refractivity contribution in [1.82, 2.24) is 0 Å². The Hall–Kier alpha value is 0.350. The summed E-state index contributed by atoms with van der Waals surface area (Å²) >= 11 is 0. The zero-order valence-electron chi connectivity index (χ0n) is 6.55. The van der Waals surface area contributed by atoms with Crippen molar-refractivity contribution in [3.05, 3.63) is 0 Å². The van der Waals surface area contributed by atoms with Gasteiger partial charge in [-0.2, -0.15) is 0 Å². The molecule has 1 unspecified atom stereocenters. The van der Waals surface area contributed by atoms with Crippen LogP contribution in [-0.2, 0) is 9.05 Å². The maximum atomic E-state index is 5.64. The van der Waals surface area contributed by atoms with E-state index in [9.17, 15) is 0 Å². The Labute approximate surface area is 56.6 Å². The van der Waals surface area contributed by atoms with Crippen LogP contribution in [-0.4, -0.2) is 32.7 Å². The molecule has 0 aromatic heterocycles. The van der Waals surface area contributed by atoms with E-state index in [1.165, 1.54) is 0 Å². The predicted molar refractivity (Wildman–Crippen MR) is 41.2 cm³/mol. The fourth-order valence-corrected chi connectivity index (χ4v) is 3.10. The first-order valence-corrected chi connectivity index (χ1v) is 6.63. The summed E-state index contributed by atoms with van der Waals surface area (Å²) < 4.78 is 11.2. The summed E-state index contributed by atoms with van der Waals surface area (Å²) in [7, 11) is -2.06. The van der Waals surface area contributed by atoms with Crippen LogP contribution in [0.3, 0.4) is 0 Å². The van der Waals surface area contributed by atoms with Gasteiger partial charge < -0.3 is 0 Å². The molecular weight excluding hydrogens is 135 g/mol. The second kappa shape index (κ2) is 1.69. The van der Waals surface area contributed by atoms with Crippen LogP contribution in [0, 0.1) is 0 Å². The summed E-state index contributed by atoms with van der Waals surface area (Å²) in [6, 6.07) is 0. The molecule has 0 spiro atoms. The molecule has 0 bridgehead atoms. The van der Waals surface area contributed by atoms with Gasteiger partial charge in [-0.1, -0.05) is 0 Å². The first-order chi connectivity index (χ1) is 3.87.